The minimum absolute atomic E-state index is 0.568. The fraction of sp³-hybridized carbons (Fsp3) is 0.200. The number of ether oxygens (including phenoxy) is 1. The lowest BCUT2D eigenvalue weighted by Gasteiger charge is -2.07. The van der Waals surface area contributed by atoms with Crippen LogP contribution in [0.5, 0.6) is 5.75 Å². The molecular weight excluding hydrogens is 288 g/mol. The molecule has 0 aliphatic carbocycles. The summed E-state index contributed by atoms with van der Waals surface area (Å²) in [6, 6.07) is 9.21. The third kappa shape index (κ3) is 3.25. The summed E-state index contributed by atoms with van der Waals surface area (Å²) in [6.07, 6.45) is 1.73. The first-order valence-corrected chi connectivity index (χ1v) is 7.05. The maximum Gasteiger partial charge on any atom is 0.178 e. The Bertz CT molecular complexity index is 727. The van der Waals surface area contributed by atoms with Gasteiger partial charge in [0, 0.05) is 18.0 Å². The Labute approximate surface area is 128 Å². The van der Waals surface area contributed by atoms with E-state index in [0.717, 1.165) is 16.7 Å². The number of H-pyrrole nitrogens is 1. The van der Waals surface area contributed by atoms with Crippen molar-refractivity contribution in [3.05, 3.63) is 41.6 Å². The third-order valence-corrected chi connectivity index (χ3v) is 3.05. The number of methoxy groups -OCH3 is 1. The monoisotopic (exact) mass is 304 g/mol. The van der Waals surface area contributed by atoms with E-state index in [4.69, 9.17) is 16.3 Å². The molecule has 2 N–H and O–H groups in total. The van der Waals surface area contributed by atoms with Crippen molar-refractivity contribution < 1.29 is 4.74 Å². The molecule has 6 heteroatoms. The van der Waals surface area contributed by atoms with Crippen LogP contribution in [0.25, 0.3) is 11.0 Å². The van der Waals surface area contributed by atoms with Crippen molar-refractivity contribution in [3.63, 3.8) is 0 Å². The zero-order valence-corrected chi connectivity index (χ0v) is 12.9. The number of aromatic amines is 1. The van der Waals surface area contributed by atoms with Gasteiger partial charge < -0.3 is 10.1 Å². The maximum absolute atomic E-state index is 5.99. The molecule has 21 heavy (non-hydrogen) atoms. The van der Waals surface area contributed by atoms with Crippen LogP contribution in [0, 0.1) is 0 Å². The Balaban J connectivity index is 0.000000774. The third-order valence-electron chi connectivity index (χ3n) is 2.73. The molecule has 0 spiro atoms. The highest BCUT2D eigenvalue weighted by atomic mass is 35.5. The minimum atomic E-state index is 0.568. The second kappa shape index (κ2) is 6.95. The molecule has 0 fully saturated rings. The van der Waals surface area contributed by atoms with Crippen LogP contribution >= 0.6 is 11.6 Å². The normalized spacial score (nSPS) is 9.90. The number of anilines is 2. The molecule has 0 atom stereocenters. The number of rotatable bonds is 3. The lowest BCUT2D eigenvalue weighted by Crippen LogP contribution is -1.93. The average molecular weight is 305 g/mol. The first-order valence-electron chi connectivity index (χ1n) is 6.67. The van der Waals surface area contributed by atoms with Gasteiger partial charge in [0.15, 0.2) is 5.82 Å². The Hall–Kier alpha value is -2.27. The number of pyridine rings is 1. The molecule has 1 aromatic carbocycles. The molecule has 0 aliphatic heterocycles. The fourth-order valence-corrected chi connectivity index (χ4v) is 2.01. The van der Waals surface area contributed by atoms with Crippen molar-refractivity contribution in [2.24, 2.45) is 0 Å². The highest BCUT2D eigenvalue weighted by Crippen LogP contribution is 2.29. The molecule has 0 radical (unpaired) electrons. The summed E-state index contributed by atoms with van der Waals surface area (Å²) in [5.41, 5.74) is 2.50. The molecule has 2 heterocycles. The maximum atomic E-state index is 5.99. The molecule has 3 aromatic rings. The summed E-state index contributed by atoms with van der Waals surface area (Å²) < 4.78 is 5.18. The summed E-state index contributed by atoms with van der Waals surface area (Å²) in [6.45, 7) is 4.00. The van der Waals surface area contributed by atoms with Gasteiger partial charge in [-0.05, 0) is 24.3 Å². The Morgan fingerprint density at radius 1 is 1.24 bits per heavy atom. The van der Waals surface area contributed by atoms with E-state index in [0.29, 0.717) is 16.6 Å². The topological polar surface area (TPSA) is 62.8 Å². The van der Waals surface area contributed by atoms with E-state index in [1.807, 2.05) is 38.1 Å². The second-order valence-electron chi connectivity index (χ2n) is 3.95. The van der Waals surface area contributed by atoms with Crippen molar-refractivity contribution in [1.82, 2.24) is 15.2 Å². The molecule has 0 bridgehead atoms. The van der Waals surface area contributed by atoms with E-state index in [-0.39, 0.29) is 0 Å². The standard InChI is InChI=1S/C13H11ClN4O.C2H6/c1-19-11-7-8(4-5-9(11)14)16-13-12-10(17-18-13)3-2-6-15-12;1-2/h2-7H,1H3,(H2,16,17,18);1-2H3. The SMILES string of the molecule is CC.COc1cc(Nc2n[nH]c3cccnc23)ccc1Cl. The van der Waals surface area contributed by atoms with Crippen molar-refractivity contribution in [3.8, 4) is 5.75 Å². The molecule has 3 rings (SSSR count). The van der Waals surface area contributed by atoms with Crippen LogP contribution in [-0.2, 0) is 0 Å². The molecule has 2 aromatic heterocycles. The summed E-state index contributed by atoms with van der Waals surface area (Å²) in [5.74, 6) is 1.28. The fourth-order valence-electron chi connectivity index (χ4n) is 1.81. The van der Waals surface area contributed by atoms with Gasteiger partial charge in [-0.1, -0.05) is 25.4 Å². The number of nitrogens with one attached hydrogen (secondary N) is 2. The molecule has 110 valence electrons. The van der Waals surface area contributed by atoms with E-state index in [2.05, 4.69) is 20.5 Å². The molecule has 0 unspecified atom stereocenters. The number of halogens is 1. The van der Waals surface area contributed by atoms with Crippen molar-refractivity contribution >= 4 is 34.1 Å². The number of hydrogen-bond acceptors (Lipinski definition) is 4. The van der Waals surface area contributed by atoms with Crippen LogP contribution in [0.15, 0.2) is 36.5 Å². The lowest BCUT2D eigenvalue weighted by molar-refractivity contribution is 0.415. The Kier molecular flexibility index (Phi) is 5.00. The first kappa shape index (κ1) is 15.1. The van der Waals surface area contributed by atoms with Gasteiger partial charge in [0.05, 0.1) is 17.6 Å². The van der Waals surface area contributed by atoms with Gasteiger partial charge >= 0.3 is 0 Å². The number of benzene rings is 1. The summed E-state index contributed by atoms with van der Waals surface area (Å²) in [5, 5.41) is 10.9. The van der Waals surface area contributed by atoms with Gasteiger partial charge in [0.2, 0.25) is 0 Å². The van der Waals surface area contributed by atoms with Crippen LogP contribution in [-0.4, -0.2) is 22.3 Å². The average Bonchev–Trinajstić information content (AvgIpc) is 2.94. The van der Waals surface area contributed by atoms with Crippen LogP contribution in [0.4, 0.5) is 11.5 Å². The van der Waals surface area contributed by atoms with Crippen LogP contribution in [0.2, 0.25) is 5.02 Å². The quantitative estimate of drug-likeness (QED) is 0.753. The number of fused-ring (bicyclic) bond motifs is 1. The Morgan fingerprint density at radius 3 is 2.81 bits per heavy atom. The van der Waals surface area contributed by atoms with Gasteiger partial charge in [-0.2, -0.15) is 5.10 Å². The zero-order chi connectivity index (χ0) is 15.2. The van der Waals surface area contributed by atoms with Crippen molar-refractivity contribution in [2.75, 3.05) is 12.4 Å². The van der Waals surface area contributed by atoms with Crippen LogP contribution in [0.3, 0.4) is 0 Å². The Morgan fingerprint density at radius 2 is 2.05 bits per heavy atom. The molecular formula is C15H17ClN4O. The molecule has 0 aliphatic rings. The predicted molar refractivity (Wildman–Crippen MR) is 86.5 cm³/mol. The largest absolute Gasteiger partial charge is 0.495 e. The van der Waals surface area contributed by atoms with Crippen LogP contribution < -0.4 is 10.1 Å². The van der Waals surface area contributed by atoms with Gasteiger partial charge in [0.25, 0.3) is 0 Å². The van der Waals surface area contributed by atoms with Crippen LogP contribution in [0.1, 0.15) is 13.8 Å². The minimum Gasteiger partial charge on any atom is -0.495 e. The summed E-state index contributed by atoms with van der Waals surface area (Å²) in [7, 11) is 1.58. The van der Waals surface area contributed by atoms with Gasteiger partial charge in [-0.3, -0.25) is 10.1 Å². The number of aromatic nitrogens is 3. The van der Waals surface area contributed by atoms with E-state index < -0.39 is 0 Å². The van der Waals surface area contributed by atoms with Gasteiger partial charge in [-0.15, -0.1) is 0 Å². The summed E-state index contributed by atoms with van der Waals surface area (Å²) >= 11 is 5.99. The molecule has 0 amide bonds. The van der Waals surface area contributed by atoms with Crippen molar-refractivity contribution in [1.29, 1.82) is 0 Å². The van der Waals surface area contributed by atoms with Crippen molar-refractivity contribution in [2.45, 2.75) is 13.8 Å². The van der Waals surface area contributed by atoms with E-state index in [9.17, 15) is 0 Å². The summed E-state index contributed by atoms with van der Waals surface area (Å²) in [4.78, 5) is 4.28. The molecule has 0 saturated carbocycles. The number of nitrogens with zero attached hydrogens (tertiary/aromatic N) is 2. The number of hydrogen-bond donors (Lipinski definition) is 2. The van der Waals surface area contributed by atoms with E-state index >= 15 is 0 Å². The molecule has 0 saturated heterocycles. The zero-order valence-electron chi connectivity index (χ0n) is 12.1. The first-order chi connectivity index (χ1) is 10.3. The van der Waals surface area contributed by atoms with Gasteiger partial charge in [-0.25, -0.2) is 0 Å². The van der Waals surface area contributed by atoms with E-state index in [1.165, 1.54) is 0 Å². The van der Waals surface area contributed by atoms with E-state index in [1.54, 1.807) is 19.4 Å². The highest BCUT2D eigenvalue weighted by molar-refractivity contribution is 6.32. The molecule has 5 nitrogen and oxygen atoms in total. The second-order valence-corrected chi connectivity index (χ2v) is 4.35. The lowest BCUT2D eigenvalue weighted by atomic mass is 10.3. The van der Waals surface area contributed by atoms with Gasteiger partial charge in [0.1, 0.15) is 11.3 Å². The highest BCUT2D eigenvalue weighted by Gasteiger charge is 2.08. The predicted octanol–water partition coefficient (Wildman–Crippen LogP) is 4.39. The smallest absolute Gasteiger partial charge is 0.178 e.